The van der Waals surface area contributed by atoms with Crippen molar-refractivity contribution in [1.82, 2.24) is 5.32 Å². The Morgan fingerprint density at radius 2 is 2.05 bits per heavy atom. The van der Waals surface area contributed by atoms with E-state index in [4.69, 9.17) is 10.5 Å². The highest BCUT2D eigenvalue weighted by molar-refractivity contribution is 5.77. The van der Waals surface area contributed by atoms with E-state index in [2.05, 4.69) is 5.32 Å². The summed E-state index contributed by atoms with van der Waals surface area (Å²) in [5.74, 6) is 0.520. The summed E-state index contributed by atoms with van der Waals surface area (Å²) < 4.78 is 5.53. The maximum Gasteiger partial charge on any atom is 0.221 e. The fourth-order valence-electron chi connectivity index (χ4n) is 2.88. The van der Waals surface area contributed by atoms with Crippen LogP contribution in [0.4, 0.5) is 0 Å². The van der Waals surface area contributed by atoms with E-state index in [9.17, 15) is 4.79 Å². The number of carbonyl (C=O) groups excluding carboxylic acids is 1. The van der Waals surface area contributed by atoms with Gasteiger partial charge in [0.25, 0.3) is 0 Å². The number of ether oxygens (including phenoxy) is 1. The van der Waals surface area contributed by atoms with Crippen molar-refractivity contribution in [3.05, 3.63) is 35.9 Å². The van der Waals surface area contributed by atoms with Gasteiger partial charge >= 0.3 is 0 Å². The molecule has 0 bridgehead atoms. The van der Waals surface area contributed by atoms with Crippen LogP contribution in [0.1, 0.15) is 38.7 Å². The van der Waals surface area contributed by atoms with Crippen LogP contribution in [0.2, 0.25) is 0 Å². The third-order valence-electron chi connectivity index (χ3n) is 4.30. The molecule has 1 aliphatic rings. The Bertz CT molecular complexity index is 457. The van der Waals surface area contributed by atoms with Crippen LogP contribution in [0.3, 0.4) is 0 Å². The average molecular weight is 290 g/mol. The summed E-state index contributed by atoms with van der Waals surface area (Å²) >= 11 is 0. The van der Waals surface area contributed by atoms with E-state index in [0.717, 1.165) is 25.0 Å². The van der Waals surface area contributed by atoms with Gasteiger partial charge in [0.05, 0.1) is 11.6 Å². The highest BCUT2D eigenvalue weighted by Crippen LogP contribution is 2.33. The molecule has 0 radical (unpaired) electrons. The summed E-state index contributed by atoms with van der Waals surface area (Å²) in [6.45, 7) is 5.12. The van der Waals surface area contributed by atoms with Crippen molar-refractivity contribution in [2.45, 2.75) is 44.8 Å². The lowest BCUT2D eigenvalue weighted by Gasteiger charge is -2.36. The SMILES string of the molecule is CCOC1CC(CC(=O)NC(C)(CN)c2ccccc2)C1. The zero-order valence-electron chi connectivity index (χ0n) is 13.0. The molecule has 1 aromatic carbocycles. The predicted molar refractivity (Wildman–Crippen MR) is 83.7 cm³/mol. The molecule has 1 unspecified atom stereocenters. The van der Waals surface area contributed by atoms with Crippen LogP contribution in [0, 0.1) is 5.92 Å². The normalized spacial score (nSPS) is 24.0. The van der Waals surface area contributed by atoms with E-state index < -0.39 is 5.54 Å². The number of benzene rings is 1. The van der Waals surface area contributed by atoms with Crippen LogP contribution < -0.4 is 11.1 Å². The van der Waals surface area contributed by atoms with Crippen molar-refractivity contribution in [3.63, 3.8) is 0 Å². The van der Waals surface area contributed by atoms with E-state index in [1.54, 1.807) is 0 Å². The number of rotatable bonds is 7. The highest BCUT2D eigenvalue weighted by Gasteiger charge is 2.33. The summed E-state index contributed by atoms with van der Waals surface area (Å²) in [5, 5.41) is 3.10. The molecular weight excluding hydrogens is 264 g/mol. The Hall–Kier alpha value is -1.39. The van der Waals surface area contributed by atoms with Gasteiger partial charge < -0.3 is 15.8 Å². The fourth-order valence-corrected chi connectivity index (χ4v) is 2.88. The maximum atomic E-state index is 12.3. The van der Waals surface area contributed by atoms with Crippen LogP contribution >= 0.6 is 0 Å². The molecule has 0 aliphatic heterocycles. The second-order valence-electron chi connectivity index (χ2n) is 6.07. The molecule has 4 heteroatoms. The minimum absolute atomic E-state index is 0.0757. The van der Waals surface area contributed by atoms with E-state index in [1.165, 1.54) is 0 Å². The molecule has 0 heterocycles. The van der Waals surface area contributed by atoms with Crippen LogP contribution in [0.5, 0.6) is 0 Å². The smallest absolute Gasteiger partial charge is 0.221 e. The summed E-state index contributed by atoms with van der Waals surface area (Å²) in [5.41, 5.74) is 6.44. The quantitative estimate of drug-likeness (QED) is 0.809. The van der Waals surface area contributed by atoms with Gasteiger partial charge in [-0.2, -0.15) is 0 Å². The zero-order valence-corrected chi connectivity index (χ0v) is 13.0. The number of carbonyl (C=O) groups is 1. The first kappa shape index (κ1) is 16.0. The molecule has 21 heavy (non-hydrogen) atoms. The first-order chi connectivity index (χ1) is 10.1. The first-order valence-electron chi connectivity index (χ1n) is 7.75. The highest BCUT2D eigenvalue weighted by atomic mass is 16.5. The summed E-state index contributed by atoms with van der Waals surface area (Å²) in [6, 6.07) is 9.90. The fraction of sp³-hybridized carbons (Fsp3) is 0.588. The topological polar surface area (TPSA) is 64.3 Å². The van der Waals surface area contributed by atoms with E-state index in [0.29, 0.717) is 25.0 Å². The minimum Gasteiger partial charge on any atom is -0.378 e. The van der Waals surface area contributed by atoms with E-state index in [1.807, 2.05) is 44.2 Å². The number of nitrogens with two attached hydrogens (primary N) is 1. The van der Waals surface area contributed by atoms with Crippen molar-refractivity contribution < 1.29 is 9.53 Å². The van der Waals surface area contributed by atoms with Gasteiger partial charge in [-0.15, -0.1) is 0 Å². The van der Waals surface area contributed by atoms with Crippen molar-refractivity contribution in [3.8, 4) is 0 Å². The van der Waals surface area contributed by atoms with Crippen LogP contribution in [-0.2, 0) is 15.1 Å². The molecule has 3 N–H and O–H groups in total. The Labute approximate surface area is 127 Å². The Balaban J connectivity index is 1.86. The molecule has 0 spiro atoms. The number of hydrogen-bond acceptors (Lipinski definition) is 3. The van der Waals surface area contributed by atoms with Gasteiger partial charge in [0.2, 0.25) is 5.91 Å². The average Bonchev–Trinajstić information content (AvgIpc) is 2.46. The molecule has 0 aromatic heterocycles. The molecule has 4 nitrogen and oxygen atoms in total. The Morgan fingerprint density at radius 1 is 1.38 bits per heavy atom. The Kier molecular flexibility index (Phi) is 5.37. The van der Waals surface area contributed by atoms with Gasteiger partial charge in [0, 0.05) is 19.6 Å². The van der Waals surface area contributed by atoms with E-state index in [-0.39, 0.29) is 5.91 Å². The molecule has 2 rings (SSSR count). The van der Waals surface area contributed by atoms with Crippen molar-refractivity contribution in [1.29, 1.82) is 0 Å². The van der Waals surface area contributed by atoms with Crippen molar-refractivity contribution in [2.24, 2.45) is 11.7 Å². The monoisotopic (exact) mass is 290 g/mol. The van der Waals surface area contributed by atoms with Crippen LogP contribution in [-0.4, -0.2) is 25.2 Å². The number of hydrogen-bond donors (Lipinski definition) is 2. The second-order valence-corrected chi connectivity index (χ2v) is 6.07. The summed E-state index contributed by atoms with van der Waals surface area (Å²) in [6.07, 6.45) is 2.90. The molecular formula is C17H26N2O2. The number of nitrogens with one attached hydrogen (secondary N) is 1. The molecule has 1 saturated carbocycles. The molecule has 1 aliphatic carbocycles. The van der Waals surface area contributed by atoms with Gasteiger partial charge in [-0.3, -0.25) is 4.79 Å². The molecule has 1 amide bonds. The second kappa shape index (κ2) is 7.05. The van der Waals surface area contributed by atoms with Crippen LogP contribution in [0.15, 0.2) is 30.3 Å². The molecule has 1 aromatic rings. The molecule has 1 fully saturated rings. The van der Waals surface area contributed by atoms with Crippen LogP contribution in [0.25, 0.3) is 0 Å². The lowest BCUT2D eigenvalue weighted by Crippen LogP contribution is -2.49. The largest absolute Gasteiger partial charge is 0.378 e. The molecule has 116 valence electrons. The standard InChI is InChI=1S/C17H26N2O2/c1-3-21-15-9-13(10-15)11-16(20)19-17(2,12-18)14-7-5-4-6-8-14/h4-8,13,15H,3,9-12,18H2,1-2H3,(H,19,20). The lowest BCUT2D eigenvalue weighted by molar-refractivity contribution is -0.126. The van der Waals surface area contributed by atoms with Gasteiger partial charge in [-0.05, 0) is 38.2 Å². The number of amides is 1. The minimum atomic E-state index is -0.499. The molecule has 1 atom stereocenters. The molecule has 0 saturated heterocycles. The third kappa shape index (κ3) is 4.05. The zero-order chi connectivity index (χ0) is 15.3. The predicted octanol–water partition coefficient (Wildman–Crippen LogP) is 2.18. The lowest BCUT2D eigenvalue weighted by atomic mass is 9.79. The van der Waals surface area contributed by atoms with E-state index >= 15 is 0 Å². The van der Waals surface area contributed by atoms with Gasteiger partial charge in [-0.1, -0.05) is 30.3 Å². The first-order valence-corrected chi connectivity index (χ1v) is 7.75. The Morgan fingerprint density at radius 3 is 2.62 bits per heavy atom. The van der Waals surface area contributed by atoms with Crippen molar-refractivity contribution >= 4 is 5.91 Å². The summed E-state index contributed by atoms with van der Waals surface area (Å²) in [7, 11) is 0. The van der Waals surface area contributed by atoms with Gasteiger partial charge in [-0.25, -0.2) is 0 Å². The van der Waals surface area contributed by atoms with Gasteiger partial charge in [0.1, 0.15) is 0 Å². The summed E-state index contributed by atoms with van der Waals surface area (Å²) in [4.78, 5) is 12.3. The van der Waals surface area contributed by atoms with Crippen molar-refractivity contribution in [2.75, 3.05) is 13.2 Å². The maximum absolute atomic E-state index is 12.3. The van der Waals surface area contributed by atoms with Gasteiger partial charge in [0.15, 0.2) is 0 Å². The third-order valence-corrected chi connectivity index (χ3v) is 4.30.